The minimum Gasteiger partial charge on any atom is -0.494 e. The molecule has 4 aromatic rings. The van der Waals surface area contributed by atoms with Crippen molar-refractivity contribution in [1.29, 1.82) is 5.26 Å². The molecule has 6 heteroatoms. The van der Waals surface area contributed by atoms with E-state index in [1.54, 1.807) is 23.7 Å². The van der Waals surface area contributed by atoms with Crippen LogP contribution in [0.3, 0.4) is 0 Å². The molecule has 27 heavy (non-hydrogen) atoms. The molecule has 0 aliphatic carbocycles. The average molecular weight is 374 g/mol. The molecular formula is C21H18N4OS. The number of thiazole rings is 1. The normalized spacial score (nSPS) is 10.8. The van der Waals surface area contributed by atoms with E-state index < -0.39 is 0 Å². The molecular weight excluding hydrogens is 356 g/mol. The maximum absolute atomic E-state index is 9.39. The van der Waals surface area contributed by atoms with Gasteiger partial charge < -0.3 is 4.74 Å². The summed E-state index contributed by atoms with van der Waals surface area (Å²) in [6, 6.07) is 14.1. The van der Waals surface area contributed by atoms with Crippen LogP contribution in [-0.2, 0) is 6.42 Å². The first-order valence-corrected chi connectivity index (χ1v) is 9.69. The summed E-state index contributed by atoms with van der Waals surface area (Å²) in [4.78, 5) is 9.79. The number of pyridine rings is 1. The lowest BCUT2D eigenvalue weighted by Crippen LogP contribution is -1.96. The first-order valence-electron chi connectivity index (χ1n) is 8.81. The van der Waals surface area contributed by atoms with E-state index in [2.05, 4.69) is 27.8 Å². The van der Waals surface area contributed by atoms with Gasteiger partial charge in [-0.25, -0.2) is 4.98 Å². The summed E-state index contributed by atoms with van der Waals surface area (Å²) in [6.07, 6.45) is 4.81. The van der Waals surface area contributed by atoms with Gasteiger partial charge in [-0.2, -0.15) is 5.26 Å². The Morgan fingerprint density at radius 2 is 1.89 bits per heavy atom. The highest BCUT2D eigenvalue weighted by atomic mass is 32.1. The Morgan fingerprint density at radius 1 is 1.11 bits per heavy atom. The van der Waals surface area contributed by atoms with Crippen LogP contribution in [0.25, 0.3) is 27.5 Å². The molecule has 0 saturated heterocycles. The standard InChI is InChI=1S/C21H18N4OS/c1-2-13-26-17-5-3-16(4-6-17)20-18(7-10-22)25-19(14-27-21(25)24-20)15-8-11-23-12-9-15/h3-6,8-9,11-12,14H,2,7,13H2,1H3. The minimum atomic E-state index is 0.291. The van der Waals surface area contributed by atoms with Crippen LogP contribution in [0.1, 0.15) is 19.0 Å². The van der Waals surface area contributed by atoms with Crippen LogP contribution >= 0.6 is 11.3 Å². The van der Waals surface area contributed by atoms with Crippen molar-refractivity contribution in [2.24, 2.45) is 0 Å². The molecule has 0 amide bonds. The van der Waals surface area contributed by atoms with Crippen molar-refractivity contribution in [2.45, 2.75) is 19.8 Å². The van der Waals surface area contributed by atoms with Crippen LogP contribution < -0.4 is 4.74 Å². The third-order valence-corrected chi connectivity index (χ3v) is 5.11. The Kier molecular flexibility index (Phi) is 4.86. The SMILES string of the molecule is CCCOc1ccc(-c2nc3scc(-c4ccncc4)n3c2CC#N)cc1. The number of imidazole rings is 1. The zero-order valence-electron chi connectivity index (χ0n) is 14.9. The molecule has 134 valence electrons. The van der Waals surface area contributed by atoms with Gasteiger partial charge >= 0.3 is 0 Å². The lowest BCUT2D eigenvalue weighted by atomic mass is 10.1. The Labute approximate surface area is 161 Å². The number of nitrogens with zero attached hydrogens (tertiary/aromatic N) is 4. The fourth-order valence-electron chi connectivity index (χ4n) is 3.04. The smallest absolute Gasteiger partial charge is 0.194 e. The Balaban J connectivity index is 1.81. The molecule has 0 aliphatic heterocycles. The van der Waals surface area contributed by atoms with Crippen LogP contribution in [-0.4, -0.2) is 21.0 Å². The first kappa shape index (κ1) is 17.3. The van der Waals surface area contributed by atoms with Crippen LogP contribution in [0.15, 0.2) is 54.2 Å². The van der Waals surface area contributed by atoms with Gasteiger partial charge in [0.05, 0.1) is 36.2 Å². The van der Waals surface area contributed by atoms with E-state index in [-0.39, 0.29) is 0 Å². The molecule has 5 nitrogen and oxygen atoms in total. The molecule has 4 rings (SSSR count). The van der Waals surface area contributed by atoms with Gasteiger partial charge in [0.2, 0.25) is 0 Å². The highest BCUT2D eigenvalue weighted by Gasteiger charge is 2.18. The number of fused-ring (bicyclic) bond motifs is 1. The van der Waals surface area contributed by atoms with E-state index in [1.165, 1.54) is 0 Å². The largest absolute Gasteiger partial charge is 0.494 e. The summed E-state index contributed by atoms with van der Waals surface area (Å²) in [5.74, 6) is 0.848. The van der Waals surface area contributed by atoms with Crippen LogP contribution in [0.5, 0.6) is 5.75 Å². The molecule has 0 fully saturated rings. The topological polar surface area (TPSA) is 63.2 Å². The molecule has 3 heterocycles. The molecule has 0 saturated carbocycles. The third-order valence-electron chi connectivity index (χ3n) is 4.28. The van der Waals surface area contributed by atoms with Crippen molar-refractivity contribution in [3.8, 4) is 34.3 Å². The van der Waals surface area contributed by atoms with E-state index >= 15 is 0 Å². The lowest BCUT2D eigenvalue weighted by Gasteiger charge is -2.07. The van der Waals surface area contributed by atoms with E-state index in [0.29, 0.717) is 13.0 Å². The second-order valence-electron chi connectivity index (χ2n) is 6.09. The molecule has 0 aliphatic rings. The highest BCUT2D eigenvalue weighted by Crippen LogP contribution is 2.33. The predicted octanol–water partition coefficient (Wildman–Crippen LogP) is 4.98. The van der Waals surface area contributed by atoms with Gasteiger partial charge in [0.1, 0.15) is 5.75 Å². The Bertz CT molecular complexity index is 1090. The van der Waals surface area contributed by atoms with Gasteiger partial charge in [0.25, 0.3) is 0 Å². The van der Waals surface area contributed by atoms with Crippen molar-refractivity contribution >= 4 is 16.3 Å². The van der Waals surface area contributed by atoms with Crippen molar-refractivity contribution in [1.82, 2.24) is 14.4 Å². The second-order valence-corrected chi connectivity index (χ2v) is 6.93. The maximum atomic E-state index is 9.39. The molecule has 1 aromatic carbocycles. The maximum Gasteiger partial charge on any atom is 0.194 e. The molecule has 0 bridgehead atoms. The summed E-state index contributed by atoms with van der Waals surface area (Å²) < 4.78 is 7.75. The summed E-state index contributed by atoms with van der Waals surface area (Å²) in [5, 5.41) is 11.5. The molecule has 3 aromatic heterocycles. The third kappa shape index (κ3) is 3.29. The van der Waals surface area contributed by atoms with Crippen molar-refractivity contribution in [2.75, 3.05) is 6.61 Å². The summed E-state index contributed by atoms with van der Waals surface area (Å²) >= 11 is 1.58. The molecule has 0 radical (unpaired) electrons. The quantitative estimate of drug-likeness (QED) is 0.477. The molecule has 0 N–H and O–H groups in total. The number of rotatable bonds is 6. The van der Waals surface area contributed by atoms with Gasteiger partial charge in [0, 0.05) is 28.9 Å². The van der Waals surface area contributed by atoms with Crippen molar-refractivity contribution < 1.29 is 4.74 Å². The zero-order chi connectivity index (χ0) is 18.6. The molecule has 0 spiro atoms. The number of hydrogen-bond donors (Lipinski definition) is 0. The molecule has 0 atom stereocenters. The highest BCUT2D eigenvalue weighted by molar-refractivity contribution is 7.15. The summed E-state index contributed by atoms with van der Waals surface area (Å²) in [6.45, 7) is 2.79. The van der Waals surface area contributed by atoms with Crippen molar-refractivity contribution in [3.05, 3.63) is 59.9 Å². The van der Waals surface area contributed by atoms with Gasteiger partial charge in [-0.1, -0.05) is 6.92 Å². The number of hydrogen-bond acceptors (Lipinski definition) is 5. The van der Waals surface area contributed by atoms with E-state index in [1.807, 2.05) is 36.4 Å². The monoisotopic (exact) mass is 374 g/mol. The van der Waals surface area contributed by atoms with Gasteiger partial charge in [-0.3, -0.25) is 9.38 Å². The minimum absolute atomic E-state index is 0.291. The number of benzene rings is 1. The number of aromatic nitrogens is 3. The number of nitriles is 1. The van der Waals surface area contributed by atoms with Gasteiger partial charge in [-0.15, -0.1) is 11.3 Å². The van der Waals surface area contributed by atoms with Crippen LogP contribution in [0.2, 0.25) is 0 Å². The fraction of sp³-hybridized carbons (Fsp3) is 0.190. The predicted molar refractivity (Wildman–Crippen MR) is 107 cm³/mol. The average Bonchev–Trinajstić information content (AvgIpc) is 3.28. The second kappa shape index (κ2) is 7.60. The van der Waals surface area contributed by atoms with E-state index in [0.717, 1.165) is 45.3 Å². The lowest BCUT2D eigenvalue weighted by molar-refractivity contribution is 0.317. The van der Waals surface area contributed by atoms with Crippen LogP contribution in [0.4, 0.5) is 0 Å². The van der Waals surface area contributed by atoms with Gasteiger partial charge in [0.15, 0.2) is 4.96 Å². The molecule has 0 unspecified atom stereocenters. The first-order chi connectivity index (χ1) is 13.3. The summed E-state index contributed by atoms with van der Waals surface area (Å²) in [5.41, 5.74) is 4.83. The Morgan fingerprint density at radius 3 is 2.59 bits per heavy atom. The summed E-state index contributed by atoms with van der Waals surface area (Å²) in [7, 11) is 0. The van der Waals surface area contributed by atoms with Gasteiger partial charge in [-0.05, 0) is 42.8 Å². The zero-order valence-corrected chi connectivity index (χ0v) is 15.7. The number of ether oxygens (including phenoxy) is 1. The van der Waals surface area contributed by atoms with E-state index in [4.69, 9.17) is 9.72 Å². The van der Waals surface area contributed by atoms with Crippen molar-refractivity contribution in [3.63, 3.8) is 0 Å². The van der Waals surface area contributed by atoms with E-state index in [9.17, 15) is 5.26 Å². The Hall–Kier alpha value is -3.17. The van der Waals surface area contributed by atoms with Crippen LogP contribution in [0, 0.1) is 11.3 Å². The fourth-order valence-corrected chi connectivity index (χ4v) is 3.95.